The zero-order valence-corrected chi connectivity index (χ0v) is 17.3. The molecule has 0 radical (unpaired) electrons. The molecule has 0 spiro atoms. The molecule has 0 bridgehead atoms. The Balaban J connectivity index is 1.37. The number of halogens is 1. The van der Waals surface area contributed by atoms with E-state index >= 15 is 0 Å². The number of urea groups is 1. The van der Waals surface area contributed by atoms with Crippen molar-refractivity contribution in [3.8, 4) is 5.75 Å². The number of carbonyl (C=O) groups excluding carboxylic acids is 3. The Hall–Kier alpha value is -3.20. The van der Waals surface area contributed by atoms with Gasteiger partial charge in [-0.1, -0.05) is 11.6 Å². The summed E-state index contributed by atoms with van der Waals surface area (Å²) >= 11 is 6.24. The van der Waals surface area contributed by atoms with Crippen molar-refractivity contribution in [2.45, 2.75) is 13.8 Å². The van der Waals surface area contributed by atoms with Gasteiger partial charge in [0.25, 0.3) is 11.8 Å². The molecule has 1 aromatic heterocycles. The van der Waals surface area contributed by atoms with Crippen molar-refractivity contribution in [2.75, 3.05) is 43.4 Å². The summed E-state index contributed by atoms with van der Waals surface area (Å²) in [6, 6.07) is 4.53. The third kappa shape index (κ3) is 3.93. The number of nitrogens with zero attached hydrogens (tertiary/aromatic N) is 2. The van der Waals surface area contributed by atoms with Crippen molar-refractivity contribution in [1.82, 2.24) is 9.80 Å². The standard InChI is InChI=1S/C20H21ClN4O5/c1-11-7-13(12(2)30-11)19(27)24-3-5-25(6-4-24)20(28)23-15-9-17-16(8-14(15)21)22-18(26)10-29-17/h7-9H,3-6,10H2,1-2H3,(H,22,26)(H,23,28). The number of hydrogen-bond acceptors (Lipinski definition) is 5. The summed E-state index contributed by atoms with van der Waals surface area (Å²) in [5.41, 5.74) is 1.41. The number of ether oxygens (including phenoxy) is 1. The molecule has 2 aliphatic rings. The van der Waals surface area contributed by atoms with Gasteiger partial charge in [0.1, 0.15) is 17.3 Å². The van der Waals surface area contributed by atoms with Crippen LogP contribution in [0.3, 0.4) is 0 Å². The summed E-state index contributed by atoms with van der Waals surface area (Å²) < 4.78 is 10.8. The van der Waals surface area contributed by atoms with E-state index in [0.29, 0.717) is 60.4 Å². The van der Waals surface area contributed by atoms with E-state index in [-0.39, 0.29) is 29.5 Å². The van der Waals surface area contributed by atoms with Crippen molar-refractivity contribution in [3.63, 3.8) is 0 Å². The molecule has 2 aromatic rings. The van der Waals surface area contributed by atoms with Crippen molar-refractivity contribution < 1.29 is 23.5 Å². The molecule has 4 rings (SSSR count). The van der Waals surface area contributed by atoms with Crippen molar-refractivity contribution >= 4 is 40.8 Å². The molecule has 30 heavy (non-hydrogen) atoms. The van der Waals surface area contributed by atoms with E-state index in [4.69, 9.17) is 20.8 Å². The molecule has 10 heteroatoms. The molecule has 4 amide bonds. The Kier molecular flexibility index (Phi) is 5.29. The smallest absolute Gasteiger partial charge is 0.322 e. The number of carbonyl (C=O) groups is 3. The Morgan fingerprint density at radius 2 is 1.80 bits per heavy atom. The van der Waals surface area contributed by atoms with Gasteiger partial charge in [0.05, 0.1) is 22.0 Å². The lowest BCUT2D eigenvalue weighted by Crippen LogP contribution is -2.51. The normalized spacial score (nSPS) is 15.9. The number of anilines is 2. The summed E-state index contributed by atoms with van der Waals surface area (Å²) in [5.74, 6) is 1.37. The largest absolute Gasteiger partial charge is 0.482 e. The lowest BCUT2D eigenvalue weighted by Gasteiger charge is -2.34. The van der Waals surface area contributed by atoms with E-state index in [1.165, 1.54) is 6.07 Å². The minimum Gasteiger partial charge on any atom is -0.482 e. The van der Waals surface area contributed by atoms with Crippen molar-refractivity contribution in [1.29, 1.82) is 0 Å². The fraction of sp³-hybridized carbons (Fsp3) is 0.350. The first-order valence-electron chi connectivity index (χ1n) is 9.50. The molecule has 1 aromatic carbocycles. The Morgan fingerprint density at radius 3 is 2.47 bits per heavy atom. The SMILES string of the molecule is Cc1cc(C(=O)N2CCN(C(=O)Nc3cc4c(cc3Cl)NC(=O)CO4)CC2)c(C)o1. The van der Waals surface area contributed by atoms with Crippen LogP contribution in [0.1, 0.15) is 21.9 Å². The topological polar surface area (TPSA) is 104 Å². The summed E-state index contributed by atoms with van der Waals surface area (Å²) in [5, 5.41) is 5.72. The maximum atomic E-state index is 12.7. The molecule has 2 N–H and O–H groups in total. The van der Waals surface area contributed by atoms with Crippen LogP contribution in [0.4, 0.5) is 16.2 Å². The maximum Gasteiger partial charge on any atom is 0.322 e. The number of hydrogen-bond donors (Lipinski definition) is 2. The monoisotopic (exact) mass is 432 g/mol. The van der Waals surface area contributed by atoms with Crippen LogP contribution in [-0.4, -0.2) is 60.4 Å². The first-order chi connectivity index (χ1) is 14.3. The Labute approximate surface area is 177 Å². The second-order valence-corrected chi connectivity index (χ2v) is 7.61. The highest BCUT2D eigenvalue weighted by Gasteiger charge is 2.27. The third-order valence-electron chi connectivity index (χ3n) is 5.07. The predicted molar refractivity (Wildman–Crippen MR) is 110 cm³/mol. The Bertz CT molecular complexity index is 1030. The molecular formula is C20H21ClN4O5. The number of furan rings is 1. The van der Waals surface area contributed by atoms with Crippen LogP contribution in [0.5, 0.6) is 5.75 Å². The summed E-state index contributed by atoms with van der Waals surface area (Å²) in [6.07, 6.45) is 0. The maximum absolute atomic E-state index is 12.7. The zero-order chi connectivity index (χ0) is 21.4. The molecule has 0 unspecified atom stereocenters. The molecule has 0 aliphatic carbocycles. The van der Waals surface area contributed by atoms with Crippen LogP contribution in [0.2, 0.25) is 5.02 Å². The molecule has 158 valence electrons. The molecule has 1 saturated heterocycles. The van der Waals surface area contributed by atoms with Gasteiger partial charge in [-0.05, 0) is 26.0 Å². The average Bonchev–Trinajstić information content (AvgIpc) is 3.06. The third-order valence-corrected chi connectivity index (χ3v) is 5.38. The first-order valence-corrected chi connectivity index (χ1v) is 9.88. The number of nitrogens with one attached hydrogen (secondary N) is 2. The molecule has 9 nitrogen and oxygen atoms in total. The van der Waals surface area contributed by atoms with Gasteiger partial charge in [-0.3, -0.25) is 9.59 Å². The van der Waals surface area contributed by atoms with Crippen LogP contribution in [0, 0.1) is 13.8 Å². The fourth-order valence-corrected chi connectivity index (χ4v) is 3.73. The molecule has 1 fully saturated rings. The molecular weight excluding hydrogens is 412 g/mol. The first kappa shape index (κ1) is 20.1. The van der Waals surface area contributed by atoms with E-state index in [1.54, 1.807) is 35.8 Å². The second kappa shape index (κ2) is 7.91. The number of amides is 4. The number of fused-ring (bicyclic) bond motifs is 1. The van der Waals surface area contributed by atoms with Crippen LogP contribution in [0.25, 0.3) is 0 Å². The summed E-state index contributed by atoms with van der Waals surface area (Å²) in [6.45, 7) is 5.10. The van der Waals surface area contributed by atoms with Crippen molar-refractivity contribution in [3.05, 3.63) is 40.3 Å². The van der Waals surface area contributed by atoms with E-state index in [0.717, 1.165) is 0 Å². The molecule has 3 heterocycles. The zero-order valence-electron chi connectivity index (χ0n) is 16.6. The van der Waals surface area contributed by atoms with E-state index < -0.39 is 0 Å². The van der Waals surface area contributed by atoms with Gasteiger partial charge in [-0.15, -0.1) is 0 Å². The van der Waals surface area contributed by atoms with Crippen LogP contribution in [0.15, 0.2) is 22.6 Å². The Morgan fingerprint density at radius 1 is 1.10 bits per heavy atom. The van der Waals surface area contributed by atoms with Gasteiger partial charge in [0, 0.05) is 32.2 Å². The van der Waals surface area contributed by atoms with Gasteiger partial charge < -0.3 is 29.6 Å². The van der Waals surface area contributed by atoms with Gasteiger partial charge in [-0.25, -0.2) is 4.79 Å². The number of piperazine rings is 1. The highest BCUT2D eigenvalue weighted by atomic mass is 35.5. The lowest BCUT2D eigenvalue weighted by molar-refractivity contribution is -0.118. The summed E-state index contributed by atoms with van der Waals surface area (Å²) in [7, 11) is 0. The van der Waals surface area contributed by atoms with Gasteiger partial charge in [0.15, 0.2) is 6.61 Å². The number of aryl methyl sites for hydroxylation is 2. The van der Waals surface area contributed by atoms with Gasteiger partial charge in [0.2, 0.25) is 0 Å². The molecule has 0 saturated carbocycles. The molecule has 2 aliphatic heterocycles. The minimum atomic E-state index is -0.320. The van der Waals surface area contributed by atoms with Gasteiger partial charge >= 0.3 is 6.03 Å². The quantitative estimate of drug-likeness (QED) is 0.759. The summed E-state index contributed by atoms with van der Waals surface area (Å²) in [4.78, 5) is 40.1. The van der Waals surface area contributed by atoms with E-state index in [9.17, 15) is 14.4 Å². The van der Waals surface area contributed by atoms with E-state index in [1.807, 2.05) is 0 Å². The highest BCUT2D eigenvalue weighted by Crippen LogP contribution is 2.36. The fourth-order valence-electron chi connectivity index (χ4n) is 3.52. The van der Waals surface area contributed by atoms with Crippen LogP contribution >= 0.6 is 11.6 Å². The van der Waals surface area contributed by atoms with Gasteiger partial charge in [-0.2, -0.15) is 0 Å². The lowest BCUT2D eigenvalue weighted by atomic mass is 10.2. The second-order valence-electron chi connectivity index (χ2n) is 7.20. The average molecular weight is 433 g/mol. The highest BCUT2D eigenvalue weighted by molar-refractivity contribution is 6.34. The number of benzene rings is 1. The van der Waals surface area contributed by atoms with Crippen LogP contribution < -0.4 is 15.4 Å². The molecule has 0 atom stereocenters. The van der Waals surface area contributed by atoms with Crippen molar-refractivity contribution in [2.24, 2.45) is 0 Å². The van der Waals surface area contributed by atoms with Crippen LogP contribution in [-0.2, 0) is 4.79 Å². The minimum absolute atomic E-state index is 0.0896. The van der Waals surface area contributed by atoms with E-state index in [2.05, 4.69) is 10.6 Å². The predicted octanol–water partition coefficient (Wildman–Crippen LogP) is 2.87. The number of rotatable bonds is 2.